The second-order valence-electron chi connectivity index (χ2n) is 7.37. The van der Waals surface area contributed by atoms with Crippen LogP contribution in [-0.2, 0) is 4.74 Å². The number of rotatable bonds is 8. The van der Waals surface area contributed by atoms with Crippen LogP contribution in [0.3, 0.4) is 0 Å². The molecule has 0 aliphatic heterocycles. The minimum atomic E-state index is -0.473. The first-order chi connectivity index (χ1) is 15.4. The van der Waals surface area contributed by atoms with Gasteiger partial charge >= 0.3 is 5.97 Å². The summed E-state index contributed by atoms with van der Waals surface area (Å²) in [5.74, 6) is 0.550. The molecule has 0 unspecified atom stereocenters. The predicted octanol–water partition coefficient (Wildman–Crippen LogP) is 5.98. The third kappa shape index (κ3) is 4.94. The maximum atomic E-state index is 12.9. The van der Waals surface area contributed by atoms with Gasteiger partial charge in [0.05, 0.1) is 20.8 Å². The Morgan fingerprint density at radius 2 is 1.69 bits per heavy atom. The van der Waals surface area contributed by atoms with E-state index in [-0.39, 0.29) is 12.5 Å². The number of hydrogen-bond acceptors (Lipinski definition) is 6. The first-order valence-electron chi connectivity index (χ1n) is 10.3. The lowest BCUT2D eigenvalue weighted by Gasteiger charge is -2.11. The van der Waals surface area contributed by atoms with Gasteiger partial charge in [0.2, 0.25) is 0 Å². The fourth-order valence-electron chi connectivity index (χ4n) is 3.27. The van der Waals surface area contributed by atoms with E-state index in [1.54, 1.807) is 25.1 Å². The molecule has 0 aliphatic rings. The number of benzene rings is 2. The van der Waals surface area contributed by atoms with Crippen LogP contribution < -0.4 is 14.8 Å². The maximum absolute atomic E-state index is 12.9. The summed E-state index contributed by atoms with van der Waals surface area (Å²) < 4.78 is 15.8. The minimum Gasteiger partial charge on any atom is -0.493 e. The van der Waals surface area contributed by atoms with E-state index in [9.17, 15) is 9.59 Å². The Hall–Kier alpha value is -3.32. The molecule has 0 spiro atoms. The van der Waals surface area contributed by atoms with E-state index in [0.29, 0.717) is 33.5 Å². The molecule has 1 amide bonds. The zero-order chi connectivity index (χ0) is 23.3. The molecule has 0 radical (unpaired) electrons. The van der Waals surface area contributed by atoms with Crippen LogP contribution in [0.2, 0.25) is 0 Å². The van der Waals surface area contributed by atoms with Crippen molar-refractivity contribution in [2.45, 2.75) is 26.7 Å². The average molecular weight is 454 g/mol. The van der Waals surface area contributed by atoms with E-state index in [2.05, 4.69) is 31.3 Å². The van der Waals surface area contributed by atoms with Crippen molar-refractivity contribution in [3.8, 4) is 22.6 Å². The van der Waals surface area contributed by atoms with Gasteiger partial charge in [0.15, 0.2) is 11.5 Å². The average Bonchev–Trinajstić information content (AvgIpc) is 3.22. The molecule has 0 bridgehead atoms. The minimum absolute atomic E-state index is 0.240. The van der Waals surface area contributed by atoms with Crippen molar-refractivity contribution >= 4 is 28.2 Å². The number of esters is 1. The third-order valence-electron chi connectivity index (χ3n) is 5.03. The van der Waals surface area contributed by atoms with Crippen LogP contribution in [0.25, 0.3) is 11.1 Å². The zero-order valence-corrected chi connectivity index (χ0v) is 19.7. The van der Waals surface area contributed by atoms with Gasteiger partial charge in [-0.2, -0.15) is 0 Å². The van der Waals surface area contributed by atoms with Gasteiger partial charge in [-0.05, 0) is 42.2 Å². The number of carbonyl (C=O) groups is 2. The molecule has 3 aromatic rings. The van der Waals surface area contributed by atoms with Crippen molar-refractivity contribution in [2.75, 3.05) is 26.1 Å². The van der Waals surface area contributed by atoms with E-state index < -0.39 is 5.97 Å². The highest BCUT2D eigenvalue weighted by molar-refractivity contribution is 7.15. The summed E-state index contributed by atoms with van der Waals surface area (Å²) in [6, 6.07) is 13.0. The van der Waals surface area contributed by atoms with Gasteiger partial charge in [0, 0.05) is 16.5 Å². The van der Waals surface area contributed by atoms with Crippen LogP contribution in [0.1, 0.15) is 53.0 Å². The summed E-state index contributed by atoms with van der Waals surface area (Å²) >= 11 is 1.29. The first-order valence-corrected chi connectivity index (χ1v) is 11.2. The molecule has 0 fully saturated rings. The Bertz CT molecular complexity index is 1100. The van der Waals surface area contributed by atoms with Gasteiger partial charge in [0.1, 0.15) is 10.6 Å². The largest absolute Gasteiger partial charge is 0.493 e. The van der Waals surface area contributed by atoms with Gasteiger partial charge in [0.25, 0.3) is 5.91 Å². The van der Waals surface area contributed by atoms with Gasteiger partial charge in [-0.25, -0.2) is 4.79 Å². The molecule has 0 saturated carbocycles. The number of nitrogens with one attached hydrogen (secondary N) is 1. The number of ether oxygens (including phenoxy) is 3. The van der Waals surface area contributed by atoms with Crippen molar-refractivity contribution in [1.82, 2.24) is 0 Å². The SMILES string of the molecule is CCOC(=O)c1c(-c2ccc(C(C)C)cc2)csc1NC(=O)c1ccc(OC)c(OC)c1. The fourth-order valence-corrected chi connectivity index (χ4v) is 4.22. The van der Waals surface area contributed by atoms with Crippen LogP contribution in [0.15, 0.2) is 47.8 Å². The molecule has 168 valence electrons. The van der Waals surface area contributed by atoms with Crippen molar-refractivity contribution in [3.05, 3.63) is 64.5 Å². The smallest absolute Gasteiger partial charge is 0.341 e. The van der Waals surface area contributed by atoms with Crippen LogP contribution in [0.5, 0.6) is 11.5 Å². The summed E-state index contributed by atoms with van der Waals surface area (Å²) in [5.41, 5.74) is 3.56. The Morgan fingerprint density at radius 1 is 1.00 bits per heavy atom. The molecular formula is C25H27NO5S. The molecule has 0 saturated heterocycles. The van der Waals surface area contributed by atoms with Gasteiger partial charge in [-0.1, -0.05) is 38.1 Å². The van der Waals surface area contributed by atoms with E-state index in [4.69, 9.17) is 14.2 Å². The van der Waals surface area contributed by atoms with Gasteiger partial charge in [-0.15, -0.1) is 11.3 Å². The second-order valence-corrected chi connectivity index (χ2v) is 8.25. The van der Waals surface area contributed by atoms with Crippen LogP contribution in [0, 0.1) is 0 Å². The van der Waals surface area contributed by atoms with E-state index in [0.717, 1.165) is 11.1 Å². The molecule has 1 heterocycles. The highest BCUT2D eigenvalue weighted by Gasteiger charge is 2.23. The van der Waals surface area contributed by atoms with Crippen LogP contribution in [-0.4, -0.2) is 32.7 Å². The zero-order valence-electron chi connectivity index (χ0n) is 18.9. The Labute approximate surface area is 192 Å². The van der Waals surface area contributed by atoms with Crippen molar-refractivity contribution in [1.29, 1.82) is 0 Å². The van der Waals surface area contributed by atoms with Crippen molar-refractivity contribution in [3.63, 3.8) is 0 Å². The summed E-state index contributed by atoms with van der Waals surface area (Å²) in [4.78, 5) is 25.7. The Kier molecular flexibility index (Phi) is 7.53. The maximum Gasteiger partial charge on any atom is 0.341 e. The van der Waals surface area contributed by atoms with Crippen LogP contribution >= 0.6 is 11.3 Å². The lowest BCUT2D eigenvalue weighted by Crippen LogP contribution is -2.15. The molecule has 1 N–H and O–H groups in total. The number of thiophene rings is 1. The predicted molar refractivity (Wildman–Crippen MR) is 127 cm³/mol. The molecule has 0 atom stereocenters. The number of amides is 1. The van der Waals surface area contributed by atoms with Crippen molar-refractivity contribution < 1.29 is 23.8 Å². The standard InChI is InChI=1S/C25H27NO5S/c1-6-31-25(28)22-19(17-9-7-16(8-10-17)15(2)3)14-32-24(22)26-23(27)18-11-12-20(29-4)21(13-18)30-5/h7-15H,6H2,1-5H3,(H,26,27). The molecular weight excluding hydrogens is 426 g/mol. The number of anilines is 1. The van der Waals surface area contributed by atoms with E-state index in [1.807, 2.05) is 17.5 Å². The second kappa shape index (κ2) is 10.3. The molecule has 3 rings (SSSR count). The highest BCUT2D eigenvalue weighted by Crippen LogP contribution is 2.37. The van der Waals surface area contributed by atoms with Crippen molar-refractivity contribution in [2.24, 2.45) is 0 Å². The molecule has 7 heteroatoms. The quantitative estimate of drug-likeness (QED) is 0.425. The Morgan fingerprint density at radius 3 is 2.28 bits per heavy atom. The summed E-state index contributed by atoms with van der Waals surface area (Å²) in [6.07, 6.45) is 0. The lowest BCUT2D eigenvalue weighted by atomic mass is 9.98. The molecule has 1 aromatic heterocycles. The third-order valence-corrected chi connectivity index (χ3v) is 5.93. The number of methoxy groups -OCH3 is 2. The number of carbonyl (C=O) groups excluding carboxylic acids is 2. The van der Waals surface area contributed by atoms with Gasteiger partial charge in [-0.3, -0.25) is 4.79 Å². The van der Waals surface area contributed by atoms with E-state index in [1.165, 1.54) is 31.1 Å². The summed E-state index contributed by atoms with van der Waals surface area (Å²) in [5, 5.41) is 5.16. The monoisotopic (exact) mass is 453 g/mol. The molecule has 0 aliphatic carbocycles. The fraction of sp³-hybridized carbons (Fsp3) is 0.280. The first kappa shape index (κ1) is 23.3. The highest BCUT2D eigenvalue weighted by atomic mass is 32.1. The molecule has 2 aromatic carbocycles. The summed E-state index contributed by atoms with van der Waals surface area (Å²) in [6.45, 7) is 6.25. The van der Waals surface area contributed by atoms with Gasteiger partial charge < -0.3 is 19.5 Å². The summed E-state index contributed by atoms with van der Waals surface area (Å²) in [7, 11) is 3.04. The Balaban J connectivity index is 1.96. The normalized spacial score (nSPS) is 10.7. The topological polar surface area (TPSA) is 73.9 Å². The molecule has 6 nitrogen and oxygen atoms in total. The van der Waals surface area contributed by atoms with E-state index >= 15 is 0 Å². The number of hydrogen-bond donors (Lipinski definition) is 1. The van der Waals surface area contributed by atoms with Crippen LogP contribution in [0.4, 0.5) is 5.00 Å². The molecule has 32 heavy (non-hydrogen) atoms. The lowest BCUT2D eigenvalue weighted by molar-refractivity contribution is 0.0529.